The van der Waals surface area contributed by atoms with Crippen molar-refractivity contribution in [3.63, 3.8) is 0 Å². The highest BCUT2D eigenvalue weighted by molar-refractivity contribution is 5.31. The van der Waals surface area contributed by atoms with Gasteiger partial charge in [0.1, 0.15) is 18.2 Å². The molecule has 0 saturated heterocycles. The highest BCUT2D eigenvalue weighted by Gasteiger charge is 2.22. The van der Waals surface area contributed by atoms with Crippen molar-refractivity contribution in [1.82, 2.24) is 0 Å². The topological polar surface area (TPSA) is 9.23 Å². The smallest absolute Gasteiger partial charge is 0.123 e. The van der Waals surface area contributed by atoms with E-state index in [-0.39, 0.29) is 5.82 Å². The van der Waals surface area contributed by atoms with E-state index in [0.29, 0.717) is 6.61 Å². The van der Waals surface area contributed by atoms with Crippen LogP contribution in [0.15, 0.2) is 48.5 Å². The Kier molecular flexibility index (Phi) is 3.01. The van der Waals surface area contributed by atoms with Crippen molar-refractivity contribution in [2.45, 2.75) is 25.4 Å². The van der Waals surface area contributed by atoms with E-state index in [2.05, 4.69) is 12.1 Å². The van der Waals surface area contributed by atoms with Crippen LogP contribution >= 0.6 is 0 Å². The molecular formula is C16H15FO. The van der Waals surface area contributed by atoms with E-state index in [0.717, 1.165) is 17.2 Å². The van der Waals surface area contributed by atoms with E-state index in [4.69, 9.17) is 4.74 Å². The number of hydrogen-bond acceptors (Lipinski definition) is 1. The number of halogens is 1. The van der Waals surface area contributed by atoms with Crippen molar-refractivity contribution in [2.24, 2.45) is 0 Å². The van der Waals surface area contributed by atoms with Crippen molar-refractivity contribution >= 4 is 0 Å². The zero-order valence-corrected chi connectivity index (χ0v) is 10.1. The van der Waals surface area contributed by atoms with E-state index >= 15 is 0 Å². The average Bonchev–Trinajstić information content (AvgIpc) is 3.23. The van der Waals surface area contributed by atoms with Crippen LogP contribution in [-0.4, -0.2) is 0 Å². The van der Waals surface area contributed by atoms with Gasteiger partial charge < -0.3 is 4.74 Å². The summed E-state index contributed by atoms with van der Waals surface area (Å²) in [6, 6.07) is 14.7. The quantitative estimate of drug-likeness (QED) is 0.777. The summed E-state index contributed by atoms with van der Waals surface area (Å²) in [5, 5.41) is 0. The number of rotatable bonds is 4. The molecule has 1 aliphatic rings. The molecule has 0 heterocycles. The Labute approximate surface area is 106 Å². The second-order valence-corrected chi connectivity index (χ2v) is 4.76. The van der Waals surface area contributed by atoms with E-state index < -0.39 is 0 Å². The Morgan fingerprint density at radius 2 is 1.61 bits per heavy atom. The summed E-state index contributed by atoms with van der Waals surface area (Å²) in [6.45, 7) is 0.475. The molecule has 0 N–H and O–H groups in total. The van der Waals surface area contributed by atoms with Crippen LogP contribution in [0.25, 0.3) is 0 Å². The Balaban J connectivity index is 1.60. The third-order valence-electron chi connectivity index (χ3n) is 3.25. The summed E-state index contributed by atoms with van der Waals surface area (Å²) in [6.07, 6.45) is 2.63. The maximum atomic E-state index is 12.7. The van der Waals surface area contributed by atoms with Gasteiger partial charge in [0.25, 0.3) is 0 Å². The Hall–Kier alpha value is -1.83. The van der Waals surface area contributed by atoms with Gasteiger partial charge in [0.05, 0.1) is 0 Å². The van der Waals surface area contributed by atoms with Crippen LogP contribution in [0.2, 0.25) is 0 Å². The lowest BCUT2D eigenvalue weighted by molar-refractivity contribution is 0.306. The van der Waals surface area contributed by atoms with Crippen LogP contribution in [0.1, 0.15) is 29.9 Å². The molecule has 0 aliphatic heterocycles. The average molecular weight is 242 g/mol. The molecule has 0 radical (unpaired) electrons. The van der Waals surface area contributed by atoms with Crippen LogP contribution in [-0.2, 0) is 6.61 Å². The molecule has 0 spiro atoms. The summed E-state index contributed by atoms with van der Waals surface area (Å²) in [5.41, 5.74) is 2.38. The minimum Gasteiger partial charge on any atom is -0.489 e. The summed E-state index contributed by atoms with van der Waals surface area (Å²) in [4.78, 5) is 0. The minimum absolute atomic E-state index is 0.215. The zero-order chi connectivity index (χ0) is 12.4. The van der Waals surface area contributed by atoms with Crippen molar-refractivity contribution in [1.29, 1.82) is 0 Å². The SMILES string of the molecule is Fc1ccc(COc2ccc(C3CC3)cc2)cc1. The van der Waals surface area contributed by atoms with Gasteiger partial charge in [-0.05, 0) is 54.2 Å². The molecule has 0 atom stereocenters. The lowest BCUT2D eigenvalue weighted by Gasteiger charge is -2.07. The Morgan fingerprint density at radius 1 is 0.944 bits per heavy atom. The van der Waals surface area contributed by atoms with Gasteiger partial charge in [0.15, 0.2) is 0 Å². The van der Waals surface area contributed by atoms with Crippen LogP contribution in [0.3, 0.4) is 0 Å². The minimum atomic E-state index is -0.215. The molecule has 92 valence electrons. The standard InChI is InChI=1S/C16H15FO/c17-15-7-1-12(2-8-15)11-18-16-9-5-14(6-10-16)13-3-4-13/h1-2,5-10,13H,3-4,11H2. The van der Waals surface area contributed by atoms with Crippen molar-refractivity contribution in [2.75, 3.05) is 0 Å². The molecule has 2 aromatic rings. The summed E-state index contributed by atoms with van der Waals surface area (Å²) < 4.78 is 18.4. The lowest BCUT2D eigenvalue weighted by Crippen LogP contribution is -1.95. The van der Waals surface area contributed by atoms with Gasteiger partial charge in [-0.1, -0.05) is 24.3 Å². The van der Waals surface area contributed by atoms with Gasteiger partial charge in [-0.25, -0.2) is 4.39 Å². The molecule has 18 heavy (non-hydrogen) atoms. The Bertz CT molecular complexity index is 512. The normalized spacial score (nSPS) is 14.5. The van der Waals surface area contributed by atoms with Gasteiger partial charge in [0, 0.05) is 0 Å². The molecule has 0 bridgehead atoms. The van der Waals surface area contributed by atoms with Crippen LogP contribution in [0.4, 0.5) is 4.39 Å². The first kappa shape index (κ1) is 11.3. The maximum Gasteiger partial charge on any atom is 0.123 e. The molecule has 3 rings (SSSR count). The highest BCUT2D eigenvalue weighted by atomic mass is 19.1. The van der Waals surface area contributed by atoms with E-state index in [1.54, 1.807) is 12.1 Å². The fraction of sp³-hybridized carbons (Fsp3) is 0.250. The van der Waals surface area contributed by atoms with Gasteiger partial charge in [-0.3, -0.25) is 0 Å². The second kappa shape index (κ2) is 4.81. The molecule has 2 aromatic carbocycles. The first-order valence-corrected chi connectivity index (χ1v) is 6.28. The van der Waals surface area contributed by atoms with Crippen LogP contribution < -0.4 is 4.74 Å². The predicted octanol–water partition coefficient (Wildman–Crippen LogP) is 4.28. The van der Waals surface area contributed by atoms with Gasteiger partial charge in [0.2, 0.25) is 0 Å². The zero-order valence-electron chi connectivity index (χ0n) is 10.1. The van der Waals surface area contributed by atoms with Gasteiger partial charge >= 0.3 is 0 Å². The van der Waals surface area contributed by atoms with Gasteiger partial charge in [-0.15, -0.1) is 0 Å². The van der Waals surface area contributed by atoms with Crippen LogP contribution in [0.5, 0.6) is 5.75 Å². The van der Waals surface area contributed by atoms with Crippen molar-refractivity contribution in [3.8, 4) is 5.75 Å². The summed E-state index contributed by atoms with van der Waals surface area (Å²) >= 11 is 0. The first-order chi connectivity index (χ1) is 8.81. The fourth-order valence-electron chi connectivity index (χ4n) is 2.00. The Morgan fingerprint density at radius 3 is 2.22 bits per heavy atom. The number of benzene rings is 2. The van der Waals surface area contributed by atoms with Gasteiger partial charge in [-0.2, -0.15) is 0 Å². The summed E-state index contributed by atoms with van der Waals surface area (Å²) in [5.74, 6) is 1.42. The lowest BCUT2D eigenvalue weighted by atomic mass is 10.1. The molecule has 0 unspecified atom stereocenters. The maximum absolute atomic E-state index is 12.7. The second-order valence-electron chi connectivity index (χ2n) is 4.76. The molecule has 0 amide bonds. The largest absolute Gasteiger partial charge is 0.489 e. The molecule has 1 saturated carbocycles. The molecule has 0 aromatic heterocycles. The molecular weight excluding hydrogens is 227 g/mol. The fourth-order valence-corrected chi connectivity index (χ4v) is 2.00. The molecule has 1 aliphatic carbocycles. The van der Waals surface area contributed by atoms with Crippen molar-refractivity contribution in [3.05, 3.63) is 65.5 Å². The van der Waals surface area contributed by atoms with Crippen molar-refractivity contribution < 1.29 is 9.13 Å². The number of ether oxygens (including phenoxy) is 1. The van der Waals surface area contributed by atoms with E-state index in [9.17, 15) is 4.39 Å². The number of hydrogen-bond donors (Lipinski definition) is 0. The third-order valence-corrected chi connectivity index (χ3v) is 3.25. The molecule has 2 heteroatoms. The van der Waals surface area contributed by atoms with E-state index in [1.807, 2.05) is 12.1 Å². The monoisotopic (exact) mass is 242 g/mol. The first-order valence-electron chi connectivity index (χ1n) is 6.28. The summed E-state index contributed by atoms with van der Waals surface area (Å²) in [7, 11) is 0. The van der Waals surface area contributed by atoms with E-state index in [1.165, 1.54) is 30.5 Å². The third kappa shape index (κ3) is 2.70. The molecule has 1 fully saturated rings. The van der Waals surface area contributed by atoms with Crippen LogP contribution in [0, 0.1) is 5.82 Å². The molecule has 1 nitrogen and oxygen atoms in total. The highest BCUT2D eigenvalue weighted by Crippen LogP contribution is 2.40. The predicted molar refractivity (Wildman–Crippen MR) is 69.1 cm³/mol.